The first kappa shape index (κ1) is 19.4. The lowest BCUT2D eigenvalue weighted by Gasteiger charge is -2.16. The number of amides is 3. The summed E-state index contributed by atoms with van der Waals surface area (Å²) in [6.45, 7) is 0.617. The van der Waals surface area contributed by atoms with Gasteiger partial charge in [0.1, 0.15) is 0 Å². The van der Waals surface area contributed by atoms with Crippen LogP contribution < -0.4 is 15.5 Å². The highest BCUT2D eigenvalue weighted by atomic mass is 19.4. The summed E-state index contributed by atoms with van der Waals surface area (Å²) in [5, 5.41) is 4.29. The molecule has 0 spiro atoms. The average molecular weight is 391 g/mol. The van der Waals surface area contributed by atoms with E-state index in [1.54, 1.807) is 17.0 Å². The smallest absolute Gasteiger partial charge is 0.318 e. The minimum Gasteiger partial charge on any atom is -0.318 e. The quantitative estimate of drug-likeness (QED) is 0.787. The molecule has 1 heterocycles. The second-order valence-corrected chi connectivity index (χ2v) is 6.15. The van der Waals surface area contributed by atoms with Gasteiger partial charge in [0.2, 0.25) is 5.91 Å². The molecule has 28 heavy (non-hydrogen) atoms. The number of benzene rings is 2. The molecule has 2 N–H and O–H groups in total. The van der Waals surface area contributed by atoms with Gasteiger partial charge in [-0.3, -0.25) is 14.4 Å². The fraction of sp³-hybridized carbons (Fsp3) is 0.211. The lowest BCUT2D eigenvalue weighted by molar-refractivity contribution is -0.137. The van der Waals surface area contributed by atoms with Crippen LogP contribution in [0.5, 0.6) is 0 Å². The van der Waals surface area contributed by atoms with E-state index < -0.39 is 29.2 Å². The molecule has 2 aromatic carbocycles. The molecule has 146 valence electrons. The van der Waals surface area contributed by atoms with Gasteiger partial charge >= 0.3 is 18.0 Å². The Morgan fingerprint density at radius 2 is 1.57 bits per heavy atom. The van der Waals surface area contributed by atoms with Crippen LogP contribution in [-0.4, -0.2) is 24.3 Å². The Hall–Kier alpha value is -3.36. The van der Waals surface area contributed by atoms with Crippen LogP contribution in [0.25, 0.3) is 0 Å². The number of para-hydroxylation sites is 1. The van der Waals surface area contributed by atoms with Crippen molar-refractivity contribution in [1.82, 2.24) is 0 Å². The molecular formula is C19H16F3N3O3. The molecule has 0 bridgehead atoms. The van der Waals surface area contributed by atoms with Crippen molar-refractivity contribution in [3.8, 4) is 0 Å². The Morgan fingerprint density at radius 3 is 2.18 bits per heavy atom. The van der Waals surface area contributed by atoms with Crippen LogP contribution in [-0.2, 0) is 20.6 Å². The van der Waals surface area contributed by atoms with Gasteiger partial charge in [0, 0.05) is 24.3 Å². The molecule has 0 atom stereocenters. The van der Waals surface area contributed by atoms with Gasteiger partial charge in [-0.15, -0.1) is 0 Å². The largest absolute Gasteiger partial charge is 0.418 e. The number of hydrogen-bond acceptors (Lipinski definition) is 3. The summed E-state index contributed by atoms with van der Waals surface area (Å²) >= 11 is 0. The van der Waals surface area contributed by atoms with Crippen molar-refractivity contribution in [2.75, 3.05) is 22.1 Å². The zero-order valence-corrected chi connectivity index (χ0v) is 14.5. The minimum absolute atomic E-state index is 0.0134. The highest BCUT2D eigenvalue weighted by molar-refractivity contribution is 6.43. The highest BCUT2D eigenvalue weighted by Crippen LogP contribution is 2.34. The molecule has 1 saturated heterocycles. The van der Waals surface area contributed by atoms with E-state index in [-0.39, 0.29) is 11.6 Å². The number of carbonyl (C=O) groups excluding carboxylic acids is 3. The number of halogens is 3. The average Bonchev–Trinajstić information content (AvgIpc) is 3.08. The predicted molar refractivity (Wildman–Crippen MR) is 96.7 cm³/mol. The third-order valence-electron chi connectivity index (χ3n) is 4.20. The molecule has 0 aromatic heterocycles. The maximum atomic E-state index is 13.0. The van der Waals surface area contributed by atoms with Crippen molar-refractivity contribution in [2.24, 2.45) is 0 Å². The van der Waals surface area contributed by atoms with Crippen LogP contribution in [0, 0.1) is 0 Å². The van der Waals surface area contributed by atoms with E-state index in [1.807, 2.05) is 5.32 Å². The summed E-state index contributed by atoms with van der Waals surface area (Å²) in [5.41, 5.74) is -0.600. The van der Waals surface area contributed by atoms with E-state index in [2.05, 4.69) is 5.32 Å². The van der Waals surface area contributed by atoms with Crippen molar-refractivity contribution in [1.29, 1.82) is 0 Å². The van der Waals surface area contributed by atoms with Crippen molar-refractivity contribution < 1.29 is 27.6 Å². The first-order valence-electron chi connectivity index (χ1n) is 8.45. The van der Waals surface area contributed by atoms with Crippen LogP contribution in [0.4, 0.5) is 30.2 Å². The van der Waals surface area contributed by atoms with Gasteiger partial charge in [0.25, 0.3) is 0 Å². The van der Waals surface area contributed by atoms with Gasteiger partial charge in [-0.1, -0.05) is 12.1 Å². The Labute approximate surface area is 158 Å². The lowest BCUT2D eigenvalue weighted by Crippen LogP contribution is -2.30. The zero-order valence-electron chi connectivity index (χ0n) is 14.5. The van der Waals surface area contributed by atoms with Gasteiger partial charge in [-0.25, -0.2) is 0 Å². The SMILES string of the molecule is O=C(Nc1ccc(N2CCCC2=O)cc1)C(=O)Nc1ccccc1C(F)(F)F. The fourth-order valence-electron chi connectivity index (χ4n) is 2.85. The Balaban J connectivity index is 1.65. The molecule has 9 heteroatoms. The molecule has 0 radical (unpaired) electrons. The Morgan fingerprint density at radius 1 is 0.929 bits per heavy atom. The summed E-state index contributed by atoms with van der Waals surface area (Å²) in [5.74, 6) is -2.32. The van der Waals surface area contributed by atoms with Crippen molar-refractivity contribution in [3.05, 3.63) is 54.1 Å². The summed E-state index contributed by atoms with van der Waals surface area (Å²) in [7, 11) is 0. The molecule has 2 aromatic rings. The molecule has 3 rings (SSSR count). The lowest BCUT2D eigenvalue weighted by atomic mass is 10.1. The van der Waals surface area contributed by atoms with E-state index in [0.717, 1.165) is 18.6 Å². The number of rotatable bonds is 3. The molecule has 1 aliphatic rings. The van der Waals surface area contributed by atoms with E-state index in [9.17, 15) is 27.6 Å². The molecule has 6 nitrogen and oxygen atoms in total. The van der Waals surface area contributed by atoms with Crippen LogP contribution >= 0.6 is 0 Å². The number of carbonyl (C=O) groups is 3. The number of alkyl halides is 3. The molecule has 1 fully saturated rings. The number of nitrogens with zero attached hydrogens (tertiary/aromatic N) is 1. The molecule has 0 unspecified atom stereocenters. The Bertz CT molecular complexity index is 911. The van der Waals surface area contributed by atoms with E-state index >= 15 is 0 Å². The van der Waals surface area contributed by atoms with E-state index in [0.29, 0.717) is 18.7 Å². The predicted octanol–water partition coefficient (Wildman–Crippen LogP) is 3.41. The topological polar surface area (TPSA) is 78.5 Å². The van der Waals surface area contributed by atoms with Gasteiger partial charge in [-0.2, -0.15) is 13.2 Å². The molecule has 0 saturated carbocycles. The second-order valence-electron chi connectivity index (χ2n) is 6.15. The maximum absolute atomic E-state index is 13.0. The number of nitrogens with one attached hydrogen (secondary N) is 2. The fourth-order valence-corrected chi connectivity index (χ4v) is 2.85. The van der Waals surface area contributed by atoms with Gasteiger partial charge in [-0.05, 0) is 42.8 Å². The van der Waals surface area contributed by atoms with Crippen molar-refractivity contribution in [3.63, 3.8) is 0 Å². The molecule has 0 aliphatic carbocycles. The summed E-state index contributed by atoms with van der Waals surface area (Å²) in [6.07, 6.45) is -3.40. The third kappa shape index (κ3) is 4.30. The number of hydrogen-bond donors (Lipinski definition) is 2. The monoisotopic (exact) mass is 391 g/mol. The van der Waals surface area contributed by atoms with Crippen LogP contribution in [0.1, 0.15) is 18.4 Å². The second kappa shape index (κ2) is 7.71. The number of anilines is 3. The van der Waals surface area contributed by atoms with Crippen LogP contribution in [0.2, 0.25) is 0 Å². The van der Waals surface area contributed by atoms with Crippen LogP contribution in [0.3, 0.4) is 0 Å². The summed E-state index contributed by atoms with van der Waals surface area (Å²) in [4.78, 5) is 37.3. The third-order valence-corrected chi connectivity index (χ3v) is 4.20. The zero-order chi connectivity index (χ0) is 20.3. The summed E-state index contributed by atoms with van der Waals surface area (Å²) in [6, 6.07) is 10.6. The van der Waals surface area contributed by atoms with Gasteiger partial charge in [0.05, 0.1) is 11.3 Å². The van der Waals surface area contributed by atoms with Crippen molar-refractivity contribution in [2.45, 2.75) is 19.0 Å². The van der Waals surface area contributed by atoms with E-state index in [1.165, 1.54) is 24.3 Å². The summed E-state index contributed by atoms with van der Waals surface area (Å²) < 4.78 is 38.9. The van der Waals surface area contributed by atoms with Crippen molar-refractivity contribution >= 4 is 34.8 Å². The first-order chi connectivity index (χ1) is 13.3. The van der Waals surface area contributed by atoms with Crippen LogP contribution in [0.15, 0.2) is 48.5 Å². The molecule has 3 amide bonds. The van der Waals surface area contributed by atoms with E-state index in [4.69, 9.17) is 0 Å². The molecular weight excluding hydrogens is 375 g/mol. The standard InChI is InChI=1S/C19H16F3N3O3/c20-19(21,22)14-4-1-2-5-15(14)24-18(28)17(27)23-12-7-9-13(10-8-12)25-11-3-6-16(25)26/h1-2,4-5,7-10H,3,6,11H2,(H,23,27)(H,24,28). The van der Waals surface area contributed by atoms with Gasteiger partial charge < -0.3 is 15.5 Å². The minimum atomic E-state index is -4.66. The first-order valence-corrected chi connectivity index (χ1v) is 8.45. The normalized spacial score (nSPS) is 14.1. The molecule has 1 aliphatic heterocycles. The maximum Gasteiger partial charge on any atom is 0.418 e. The highest BCUT2D eigenvalue weighted by Gasteiger charge is 2.34. The van der Waals surface area contributed by atoms with Gasteiger partial charge in [0.15, 0.2) is 0 Å². The Kier molecular flexibility index (Phi) is 5.34.